The normalized spacial score (nSPS) is 18.1. The van der Waals surface area contributed by atoms with E-state index in [9.17, 15) is 9.59 Å². The molecule has 1 N–H and O–H groups in total. The van der Waals surface area contributed by atoms with Gasteiger partial charge < -0.3 is 5.11 Å². The molecule has 0 radical (unpaired) electrons. The highest BCUT2D eigenvalue weighted by Crippen LogP contribution is 2.32. The first-order valence-corrected chi connectivity index (χ1v) is 6.49. The van der Waals surface area contributed by atoms with Crippen molar-refractivity contribution >= 4 is 17.7 Å². The molecule has 0 bridgehead atoms. The fourth-order valence-electron chi connectivity index (χ4n) is 2.08. The van der Waals surface area contributed by atoms with Crippen molar-refractivity contribution in [2.75, 3.05) is 5.75 Å². The average molecular weight is 254 g/mol. The van der Waals surface area contributed by atoms with E-state index in [1.165, 1.54) is 11.8 Å². The first-order valence-electron chi connectivity index (χ1n) is 5.51. The minimum Gasteiger partial charge on any atom is -0.481 e. The number of aromatic nitrogens is 2. The van der Waals surface area contributed by atoms with Gasteiger partial charge in [0.1, 0.15) is 0 Å². The van der Waals surface area contributed by atoms with Gasteiger partial charge in [0.2, 0.25) is 0 Å². The fourth-order valence-corrected chi connectivity index (χ4v) is 3.26. The van der Waals surface area contributed by atoms with E-state index in [0.717, 1.165) is 5.69 Å². The van der Waals surface area contributed by atoms with Crippen molar-refractivity contribution in [2.45, 2.75) is 37.9 Å². The van der Waals surface area contributed by atoms with Crippen molar-refractivity contribution in [3.05, 3.63) is 21.6 Å². The molecule has 0 saturated carbocycles. The third-order valence-electron chi connectivity index (χ3n) is 2.92. The number of hydrogen-bond donors (Lipinski definition) is 1. The highest BCUT2D eigenvalue weighted by Gasteiger charge is 2.28. The van der Waals surface area contributed by atoms with E-state index in [1.807, 2.05) is 13.8 Å². The van der Waals surface area contributed by atoms with Crippen LogP contribution in [0.3, 0.4) is 0 Å². The summed E-state index contributed by atoms with van der Waals surface area (Å²) < 4.78 is 1.55. The third-order valence-corrected chi connectivity index (χ3v) is 4.01. The maximum absolute atomic E-state index is 12.2. The lowest BCUT2D eigenvalue weighted by Crippen LogP contribution is -2.29. The Bertz CT molecular complexity index is 524. The molecule has 0 fully saturated rings. The van der Waals surface area contributed by atoms with Crippen LogP contribution >= 0.6 is 11.8 Å². The second-order valence-corrected chi connectivity index (χ2v) is 5.04. The fraction of sp³-hybridized carbons (Fsp3) is 0.545. The zero-order valence-electron chi connectivity index (χ0n) is 9.77. The number of fused-ring (bicyclic) bond motifs is 1. The quantitative estimate of drug-likeness (QED) is 0.821. The Kier molecular flexibility index (Phi) is 3.24. The van der Waals surface area contributed by atoms with E-state index in [1.54, 1.807) is 4.57 Å². The van der Waals surface area contributed by atoms with Crippen LogP contribution in [-0.4, -0.2) is 26.4 Å². The molecule has 1 aromatic rings. The second-order valence-electron chi connectivity index (χ2n) is 4.05. The Morgan fingerprint density at radius 3 is 2.94 bits per heavy atom. The van der Waals surface area contributed by atoms with E-state index >= 15 is 0 Å². The van der Waals surface area contributed by atoms with Gasteiger partial charge >= 0.3 is 5.97 Å². The van der Waals surface area contributed by atoms with Crippen molar-refractivity contribution in [3.8, 4) is 0 Å². The number of rotatable bonds is 3. The van der Waals surface area contributed by atoms with Gasteiger partial charge in [0, 0.05) is 17.0 Å². The minimum absolute atomic E-state index is 0.0200. The van der Waals surface area contributed by atoms with Crippen LogP contribution < -0.4 is 5.56 Å². The van der Waals surface area contributed by atoms with Crippen LogP contribution in [0, 0.1) is 6.92 Å². The van der Waals surface area contributed by atoms with Crippen molar-refractivity contribution in [3.63, 3.8) is 0 Å². The summed E-state index contributed by atoms with van der Waals surface area (Å²) in [6.07, 6.45) is 0.607. The summed E-state index contributed by atoms with van der Waals surface area (Å²) in [5.41, 5.74) is 1.37. The molecule has 0 saturated heterocycles. The van der Waals surface area contributed by atoms with Crippen molar-refractivity contribution < 1.29 is 9.90 Å². The molecule has 0 aromatic carbocycles. The number of carboxylic acid groups (broad SMARTS) is 1. The minimum atomic E-state index is -0.881. The molecule has 2 rings (SSSR count). The Morgan fingerprint density at radius 1 is 1.65 bits per heavy atom. The van der Waals surface area contributed by atoms with E-state index in [4.69, 9.17) is 5.11 Å². The molecule has 1 aliphatic rings. The van der Waals surface area contributed by atoms with Crippen LogP contribution in [0.1, 0.15) is 30.6 Å². The van der Waals surface area contributed by atoms with Gasteiger partial charge in [0.05, 0.1) is 12.5 Å². The van der Waals surface area contributed by atoms with Gasteiger partial charge in [0.25, 0.3) is 5.56 Å². The van der Waals surface area contributed by atoms with Crippen LogP contribution in [0.2, 0.25) is 0 Å². The molecule has 1 aromatic heterocycles. The SMILES string of the molecule is CCc1c(C)nc2n(c1=O)C(CC(=O)O)CS2. The predicted molar refractivity (Wildman–Crippen MR) is 64.6 cm³/mol. The first kappa shape index (κ1) is 12.2. The summed E-state index contributed by atoms with van der Waals surface area (Å²) in [6.45, 7) is 3.73. The predicted octanol–water partition coefficient (Wildman–Crippen LogP) is 1.24. The Hall–Kier alpha value is -1.30. The summed E-state index contributed by atoms with van der Waals surface area (Å²) in [5.74, 6) is -0.268. The molecule has 6 heteroatoms. The van der Waals surface area contributed by atoms with E-state index < -0.39 is 5.97 Å². The van der Waals surface area contributed by atoms with Gasteiger partial charge in [-0.3, -0.25) is 14.2 Å². The van der Waals surface area contributed by atoms with Crippen LogP contribution in [0.15, 0.2) is 9.95 Å². The number of carboxylic acids is 1. The lowest BCUT2D eigenvalue weighted by Gasteiger charge is -2.13. The second kappa shape index (κ2) is 4.52. The Balaban J connectivity index is 2.51. The topological polar surface area (TPSA) is 72.2 Å². The highest BCUT2D eigenvalue weighted by molar-refractivity contribution is 7.99. The number of carbonyl (C=O) groups is 1. The largest absolute Gasteiger partial charge is 0.481 e. The molecule has 1 atom stereocenters. The smallest absolute Gasteiger partial charge is 0.305 e. The van der Waals surface area contributed by atoms with E-state index in [0.29, 0.717) is 22.9 Å². The number of hydrogen-bond acceptors (Lipinski definition) is 4. The molecular weight excluding hydrogens is 240 g/mol. The standard InChI is InChI=1S/C11H14N2O3S/c1-3-8-6(2)12-11-13(10(8)16)7(5-17-11)4-9(14)15/h7H,3-5H2,1-2H3,(H,14,15). The first-order chi connectivity index (χ1) is 8.04. The summed E-state index contributed by atoms with van der Waals surface area (Å²) in [7, 11) is 0. The van der Waals surface area contributed by atoms with E-state index in [2.05, 4.69) is 4.98 Å². The number of aryl methyl sites for hydroxylation is 1. The number of thioether (sulfide) groups is 1. The van der Waals surface area contributed by atoms with Crippen molar-refractivity contribution in [1.29, 1.82) is 0 Å². The lowest BCUT2D eigenvalue weighted by atomic mass is 10.1. The summed E-state index contributed by atoms with van der Waals surface area (Å²) in [6, 6.07) is -0.265. The Labute approximate surface area is 103 Å². The molecule has 1 unspecified atom stereocenters. The van der Waals surface area contributed by atoms with Gasteiger partial charge in [-0.05, 0) is 13.3 Å². The maximum atomic E-state index is 12.2. The summed E-state index contributed by atoms with van der Waals surface area (Å²) in [4.78, 5) is 27.3. The molecular formula is C11H14N2O3S. The van der Waals surface area contributed by atoms with Crippen LogP contribution in [0.5, 0.6) is 0 Å². The zero-order chi connectivity index (χ0) is 12.6. The van der Waals surface area contributed by atoms with E-state index in [-0.39, 0.29) is 18.0 Å². The molecule has 0 amide bonds. The van der Waals surface area contributed by atoms with Gasteiger partial charge in [-0.25, -0.2) is 4.98 Å². The molecule has 5 nitrogen and oxygen atoms in total. The third kappa shape index (κ3) is 2.09. The van der Waals surface area contributed by atoms with Crippen LogP contribution in [-0.2, 0) is 11.2 Å². The monoisotopic (exact) mass is 254 g/mol. The van der Waals surface area contributed by atoms with Crippen LogP contribution in [0.4, 0.5) is 0 Å². The van der Waals surface area contributed by atoms with Gasteiger partial charge in [-0.2, -0.15) is 0 Å². The Morgan fingerprint density at radius 2 is 2.35 bits per heavy atom. The maximum Gasteiger partial charge on any atom is 0.305 e. The summed E-state index contributed by atoms with van der Waals surface area (Å²) in [5, 5.41) is 9.48. The number of nitrogens with zero attached hydrogens (tertiary/aromatic N) is 2. The number of aliphatic carboxylic acids is 1. The molecule has 17 heavy (non-hydrogen) atoms. The van der Waals surface area contributed by atoms with Gasteiger partial charge in [-0.15, -0.1) is 0 Å². The summed E-state index contributed by atoms with van der Waals surface area (Å²) >= 11 is 1.45. The van der Waals surface area contributed by atoms with Gasteiger partial charge in [0.15, 0.2) is 5.16 Å². The van der Waals surface area contributed by atoms with Crippen LogP contribution in [0.25, 0.3) is 0 Å². The molecule has 2 heterocycles. The highest BCUT2D eigenvalue weighted by atomic mass is 32.2. The zero-order valence-corrected chi connectivity index (χ0v) is 10.6. The van der Waals surface area contributed by atoms with Crippen molar-refractivity contribution in [1.82, 2.24) is 9.55 Å². The average Bonchev–Trinajstić information content (AvgIpc) is 2.61. The molecule has 92 valence electrons. The van der Waals surface area contributed by atoms with Crippen molar-refractivity contribution in [2.24, 2.45) is 0 Å². The molecule has 1 aliphatic heterocycles. The molecule has 0 spiro atoms. The lowest BCUT2D eigenvalue weighted by molar-refractivity contribution is -0.137. The molecule has 0 aliphatic carbocycles. The van der Waals surface area contributed by atoms with Gasteiger partial charge in [-0.1, -0.05) is 18.7 Å².